The maximum absolute atomic E-state index is 12.1. The van der Waals surface area contributed by atoms with Gasteiger partial charge >= 0.3 is 0 Å². The fourth-order valence-electron chi connectivity index (χ4n) is 1.83. The van der Waals surface area contributed by atoms with E-state index in [0.29, 0.717) is 12.1 Å². The molecule has 0 saturated heterocycles. The van der Waals surface area contributed by atoms with Crippen LogP contribution in [0.15, 0.2) is 24.3 Å². The van der Waals surface area contributed by atoms with Crippen LogP contribution in [0, 0.1) is 5.92 Å². The third-order valence-corrected chi connectivity index (χ3v) is 3.42. The first-order chi connectivity index (χ1) is 9.36. The Bertz CT molecular complexity index is 469. The van der Waals surface area contributed by atoms with Gasteiger partial charge in [-0.15, -0.1) is 0 Å². The molecule has 0 heterocycles. The molecular weight excluding hydrogens is 254 g/mol. The lowest BCUT2D eigenvalue weighted by Gasteiger charge is -2.23. The average molecular weight is 277 g/mol. The summed E-state index contributed by atoms with van der Waals surface area (Å²) in [4.78, 5) is 25.2. The molecule has 0 bridgehead atoms. The van der Waals surface area contributed by atoms with Crippen molar-refractivity contribution >= 4 is 11.8 Å². The van der Waals surface area contributed by atoms with Crippen LogP contribution in [0.5, 0.6) is 0 Å². The van der Waals surface area contributed by atoms with Crippen molar-refractivity contribution in [2.75, 3.05) is 14.1 Å². The minimum absolute atomic E-state index is 0.0235. The molecule has 1 rings (SSSR count). The van der Waals surface area contributed by atoms with Gasteiger partial charge in [-0.3, -0.25) is 9.59 Å². The lowest BCUT2D eigenvalue weighted by Crippen LogP contribution is -2.39. The van der Waals surface area contributed by atoms with Gasteiger partial charge in [-0.05, 0) is 24.6 Å². The smallest absolute Gasteiger partial charge is 0.251 e. The van der Waals surface area contributed by atoms with Crippen LogP contribution in [0.4, 0.5) is 0 Å². The predicted octanol–water partition coefficient (Wildman–Crippen LogP) is 0.988. The summed E-state index contributed by atoms with van der Waals surface area (Å²) in [5.74, 6) is -0.299. The number of hydrogen-bond donors (Lipinski definition) is 2. The summed E-state index contributed by atoms with van der Waals surface area (Å²) in [6.45, 7) is 4.16. The van der Waals surface area contributed by atoms with E-state index in [1.165, 1.54) is 0 Å². The number of carbonyl (C=O) groups excluding carboxylic acids is 2. The summed E-state index contributed by atoms with van der Waals surface area (Å²) < 4.78 is 0. The van der Waals surface area contributed by atoms with Gasteiger partial charge in [-0.1, -0.05) is 19.1 Å². The van der Waals surface area contributed by atoms with Crippen molar-refractivity contribution in [1.29, 1.82) is 0 Å². The van der Waals surface area contributed by atoms with Gasteiger partial charge in [0.05, 0.1) is 5.92 Å². The molecule has 2 unspecified atom stereocenters. The lowest BCUT2D eigenvalue weighted by atomic mass is 10.0. The van der Waals surface area contributed by atoms with Crippen molar-refractivity contribution in [3.05, 3.63) is 35.4 Å². The van der Waals surface area contributed by atoms with Crippen LogP contribution in [0.1, 0.15) is 29.8 Å². The van der Waals surface area contributed by atoms with E-state index in [1.54, 1.807) is 31.1 Å². The summed E-state index contributed by atoms with van der Waals surface area (Å²) in [7, 11) is 3.35. The quantitative estimate of drug-likeness (QED) is 0.842. The lowest BCUT2D eigenvalue weighted by molar-refractivity contribution is -0.134. The molecule has 0 aliphatic carbocycles. The Hall–Kier alpha value is -1.88. The highest BCUT2D eigenvalue weighted by atomic mass is 16.2. The van der Waals surface area contributed by atoms with Gasteiger partial charge in [0.15, 0.2) is 0 Å². The average Bonchev–Trinajstić information content (AvgIpc) is 2.45. The van der Waals surface area contributed by atoms with Crippen molar-refractivity contribution in [3.63, 3.8) is 0 Å². The third-order valence-electron chi connectivity index (χ3n) is 3.42. The highest BCUT2D eigenvalue weighted by Crippen LogP contribution is 2.10. The fourth-order valence-corrected chi connectivity index (χ4v) is 1.83. The molecule has 110 valence electrons. The maximum Gasteiger partial charge on any atom is 0.251 e. The molecule has 0 saturated carbocycles. The van der Waals surface area contributed by atoms with Crippen LogP contribution in [-0.4, -0.2) is 36.9 Å². The Labute approximate surface area is 120 Å². The molecule has 1 aromatic rings. The Balaban J connectivity index is 2.69. The van der Waals surface area contributed by atoms with Crippen LogP contribution in [0.25, 0.3) is 0 Å². The molecule has 3 N–H and O–H groups in total. The third kappa shape index (κ3) is 4.06. The Morgan fingerprint density at radius 1 is 1.25 bits per heavy atom. The summed E-state index contributed by atoms with van der Waals surface area (Å²) >= 11 is 0. The molecule has 1 aromatic carbocycles. The molecule has 2 amide bonds. The molecule has 0 aliphatic heterocycles. The second-order valence-electron chi connectivity index (χ2n) is 5.12. The molecule has 5 heteroatoms. The zero-order valence-electron chi connectivity index (χ0n) is 12.5. The molecule has 5 nitrogen and oxygen atoms in total. The largest absolute Gasteiger partial charge is 0.355 e. The number of nitrogens with two attached hydrogens (primary N) is 1. The van der Waals surface area contributed by atoms with Crippen LogP contribution in [0.3, 0.4) is 0 Å². The van der Waals surface area contributed by atoms with Gasteiger partial charge in [0, 0.05) is 32.2 Å². The SMILES string of the molecule is CNC(=O)c1ccc(CN(C)C(=O)C(C)C(C)N)cc1. The Kier molecular flexibility index (Phi) is 5.70. The van der Waals surface area contributed by atoms with Gasteiger partial charge in [-0.2, -0.15) is 0 Å². The number of rotatable bonds is 5. The molecule has 0 fully saturated rings. The number of hydrogen-bond acceptors (Lipinski definition) is 3. The topological polar surface area (TPSA) is 75.4 Å². The predicted molar refractivity (Wildman–Crippen MR) is 79.1 cm³/mol. The summed E-state index contributed by atoms with van der Waals surface area (Å²) in [6, 6.07) is 7.04. The van der Waals surface area contributed by atoms with Gasteiger partial charge < -0.3 is 16.0 Å². The fraction of sp³-hybridized carbons (Fsp3) is 0.467. The zero-order valence-corrected chi connectivity index (χ0v) is 12.5. The number of amides is 2. The van der Waals surface area contributed by atoms with E-state index in [-0.39, 0.29) is 23.8 Å². The van der Waals surface area contributed by atoms with E-state index in [9.17, 15) is 9.59 Å². The second kappa shape index (κ2) is 7.05. The van der Waals surface area contributed by atoms with E-state index < -0.39 is 0 Å². The van der Waals surface area contributed by atoms with Crippen LogP contribution < -0.4 is 11.1 Å². The molecule has 0 radical (unpaired) electrons. The highest BCUT2D eigenvalue weighted by Gasteiger charge is 2.20. The number of nitrogens with zero attached hydrogens (tertiary/aromatic N) is 1. The van der Waals surface area contributed by atoms with E-state index in [0.717, 1.165) is 5.56 Å². The van der Waals surface area contributed by atoms with Gasteiger partial charge in [0.25, 0.3) is 5.91 Å². The van der Waals surface area contributed by atoms with Crippen molar-refractivity contribution in [3.8, 4) is 0 Å². The van der Waals surface area contributed by atoms with E-state index in [2.05, 4.69) is 5.32 Å². The molecule has 20 heavy (non-hydrogen) atoms. The molecule has 0 aliphatic rings. The van der Waals surface area contributed by atoms with Gasteiger partial charge in [-0.25, -0.2) is 0 Å². The van der Waals surface area contributed by atoms with E-state index >= 15 is 0 Å². The highest BCUT2D eigenvalue weighted by molar-refractivity contribution is 5.93. The van der Waals surface area contributed by atoms with Crippen molar-refractivity contribution in [2.24, 2.45) is 11.7 Å². The summed E-state index contributed by atoms with van der Waals surface area (Å²) in [5, 5.41) is 2.57. The van der Waals surface area contributed by atoms with Crippen molar-refractivity contribution in [2.45, 2.75) is 26.4 Å². The van der Waals surface area contributed by atoms with Gasteiger partial charge in [0.2, 0.25) is 5.91 Å². The second-order valence-corrected chi connectivity index (χ2v) is 5.12. The number of benzene rings is 1. The van der Waals surface area contributed by atoms with Gasteiger partial charge in [0.1, 0.15) is 0 Å². The summed E-state index contributed by atoms with van der Waals surface area (Å²) in [6.07, 6.45) is 0. The van der Waals surface area contributed by atoms with Crippen LogP contribution in [-0.2, 0) is 11.3 Å². The monoisotopic (exact) mass is 277 g/mol. The minimum atomic E-state index is -0.204. The minimum Gasteiger partial charge on any atom is -0.355 e. The summed E-state index contributed by atoms with van der Waals surface area (Å²) in [5.41, 5.74) is 7.33. The van der Waals surface area contributed by atoms with Crippen molar-refractivity contribution in [1.82, 2.24) is 10.2 Å². The number of nitrogens with one attached hydrogen (secondary N) is 1. The van der Waals surface area contributed by atoms with Crippen LogP contribution in [0.2, 0.25) is 0 Å². The molecule has 0 spiro atoms. The first kappa shape index (κ1) is 16.2. The van der Waals surface area contributed by atoms with E-state index in [4.69, 9.17) is 5.73 Å². The first-order valence-corrected chi connectivity index (χ1v) is 6.68. The number of carbonyl (C=O) groups is 2. The molecular formula is C15H23N3O2. The standard InChI is InChI=1S/C15H23N3O2/c1-10(11(2)16)15(20)18(4)9-12-5-7-13(8-6-12)14(19)17-3/h5-8,10-11H,9,16H2,1-4H3,(H,17,19). The van der Waals surface area contributed by atoms with Crippen LogP contribution >= 0.6 is 0 Å². The normalized spacial score (nSPS) is 13.4. The molecule has 2 atom stereocenters. The first-order valence-electron chi connectivity index (χ1n) is 6.68. The Morgan fingerprint density at radius 3 is 2.25 bits per heavy atom. The van der Waals surface area contributed by atoms with Crippen molar-refractivity contribution < 1.29 is 9.59 Å². The Morgan fingerprint density at radius 2 is 1.80 bits per heavy atom. The zero-order chi connectivity index (χ0) is 15.3. The molecule has 0 aromatic heterocycles. The maximum atomic E-state index is 12.1. The van der Waals surface area contributed by atoms with E-state index in [1.807, 2.05) is 26.0 Å².